The summed E-state index contributed by atoms with van der Waals surface area (Å²) in [6, 6.07) is 8.08. The van der Waals surface area contributed by atoms with Gasteiger partial charge in [-0.15, -0.1) is 0 Å². The van der Waals surface area contributed by atoms with E-state index in [-0.39, 0.29) is 11.9 Å². The highest BCUT2D eigenvalue weighted by Gasteiger charge is 2.21. The molecule has 0 radical (unpaired) electrons. The Hall–Kier alpha value is -1.88. The SMILES string of the molecule is Cc1nc2ccccc2n1CCNC(=O)C1CCCN1. The lowest BCUT2D eigenvalue weighted by molar-refractivity contribution is -0.122. The van der Waals surface area contributed by atoms with E-state index in [1.54, 1.807) is 0 Å². The second-order valence-corrected chi connectivity index (χ2v) is 5.24. The largest absolute Gasteiger partial charge is 0.353 e. The van der Waals surface area contributed by atoms with Crippen LogP contribution in [0.4, 0.5) is 0 Å². The van der Waals surface area contributed by atoms with Gasteiger partial charge in [0.25, 0.3) is 0 Å². The molecule has 1 amide bonds. The van der Waals surface area contributed by atoms with E-state index in [4.69, 9.17) is 0 Å². The number of hydrogen-bond acceptors (Lipinski definition) is 3. The average molecular weight is 272 g/mol. The summed E-state index contributed by atoms with van der Waals surface area (Å²) in [4.78, 5) is 16.5. The number of nitrogens with zero attached hydrogens (tertiary/aromatic N) is 2. The van der Waals surface area contributed by atoms with Crippen molar-refractivity contribution in [2.45, 2.75) is 32.4 Å². The van der Waals surface area contributed by atoms with Crippen LogP contribution in [0, 0.1) is 6.92 Å². The molecule has 0 bridgehead atoms. The Morgan fingerprint density at radius 3 is 3.15 bits per heavy atom. The highest BCUT2D eigenvalue weighted by molar-refractivity contribution is 5.82. The standard InChI is InChI=1S/C15H20N4O/c1-11-18-12-5-2-3-7-14(12)19(11)10-9-17-15(20)13-6-4-8-16-13/h2-3,5,7,13,16H,4,6,8-10H2,1H3,(H,17,20). The second kappa shape index (κ2) is 5.63. The van der Waals surface area contributed by atoms with Crippen molar-refractivity contribution >= 4 is 16.9 Å². The summed E-state index contributed by atoms with van der Waals surface area (Å²) in [6.07, 6.45) is 2.03. The fraction of sp³-hybridized carbons (Fsp3) is 0.467. The molecule has 1 aromatic carbocycles. The summed E-state index contributed by atoms with van der Waals surface area (Å²) in [5.74, 6) is 1.10. The minimum absolute atomic E-state index is 0.00405. The van der Waals surface area contributed by atoms with Crippen molar-refractivity contribution in [2.75, 3.05) is 13.1 Å². The Morgan fingerprint density at radius 1 is 1.50 bits per heavy atom. The molecule has 106 valence electrons. The van der Waals surface area contributed by atoms with Gasteiger partial charge in [-0.05, 0) is 38.4 Å². The zero-order chi connectivity index (χ0) is 13.9. The summed E-state index contributed by atoms with van der Waals surface area (Å²) in [7, 11) is 0. The van der Waals surface area contributed by atoms with E-state index < -0.39 is 0 Å². The number of carbonyl (C=O) groups is 1. The number of aromatic nitrogens is 2. The lowest BCUT2D eigenvalue weighted by Crippen LogP contribution is -2.41. The Labute approximate surface area is 118 Å². The van der Waals surface area contributed by atoms with Crippen molar-refractivity contribution in [3.05, 3.63) is 30.1 Å². The highest BCUT2D eigenvalue weighted by Crippen LogP contribution is 2.14. The maximum Gasteiger partial charge on any atom is 0.237 e. The Balaban J connectivity index is 1.62. The smallest absolute Gasteiger partial charge is 0.237 e. The van der Waals surface area contributed by atoms with Crippen LogP contribution in [-0.4, -0.2) is 34.6 Å². The van der Waals surface area contributed by atoms with Gasteiger partial charge >= 0.3 is 0 Å². The number of fused-ring (bicyclic) bond motifs is 1. The summed E-state index contributed by atoms with van der Waals surface area (Å²) in [6.45, 7) is 4.34. The summed E-state index contributed by atoms with van der Waals surface area (Å²) in [5.41, 5.74) is 2.13. The maximum absolute atomic E-state index is 11.9. The molecular formula is C15H20N4O. The van der Waals surface area contributed by atoms with Gasteiger partial charge in [0.2, 0.25) is 5.91 Å². The van der Waals surface area contributed by atoms with Crippen LogP contribution in [0.1, 0.15) is 18.7 Å². The monoisotopic (exact) mass is 272 g/mol. The fourth-order valence-electron chi connectivity index (χ4n) is 2.80. The van der Waals surface area contributed by atoms with Crippen molar-refractivity contribution in [3.63, 3.8) is 0 Å². The number of benzene rings is 1. The Bertz CT molecular complexity index is 613. The molecule has 1 fully saturated rings. The van der Waals surface area contributed by atoms with Crippen molar-refractivity contribution in [1.29, 1.82) is 0 Å². The zero-order valence-corrected chi connectivity index (χ0v) is 11.7. The highest BCUT2D eigenvalue weighted by atomic mass is 16.2. The van der Waals surface area contributed by atoms with Crippen LogP contribution in [0.15, 0.2) is 24.3 Å². The predicted molar refractivity (Wildman–Crippen MR) is 78.5 cm³/mol. The van der Waals surface area contributed by atoms with E-state index in [1.165, 1.54) is 0 Å². The normalized spacial score (nSPS) is 18.6. The number of carbonyl (C=O) groups excluding carboxylic acids is 1. The first kappa shape index (κ1) is 13.1. The molecule has 5 nitrogen and oxygen atoms in total. The van der Waals surface area contributed by atoms with Crippen molar-refractivity contribution in [2.24, 2.45) is 0 Å². The number of aryl methyl sites for hydroxylation is 1. The van der Waals surface area contributed by atoms with Gasteiger partial charge in [0.05, 0.1) is 17.1 Å². The Kier molecular flexibility index (Phi) is 3.69. The first-order chi connectivity index (χ1) is 9.75. The van der Waals surface area contributed by atoms with Crippen LogP contribution in [0.25, 0.3) is 11.0 Å². The average Bonchev–Trinajstić information content (AvgIpc) is 3.07. The van der Waals surface area contributed by atoms with Crippen LogP contribution in [-0.2, 0) is 11.3 Å². The zero-order valence-electron chi connectivity index (χ0n) is 11.7. The summed E-state index contributed by atoms with van der Waals surface area (Å²) in [5, 5.41) is 6.21. The van der Waals surface area contributed by atoms with Crippen molar-refractivity contribution in [1.82, 2.24) is 20.2 Å². The number of nitrogens with one attached hydrogen (secondary N) is 2. The molecule has 3 rings (SSSR count). The summed E-state index contributed by atoms with van der Waals surface area (Å²) < 4.78 is 2.15. The molecule has 2 heterocycles. The van der Waals surface area contributed by atoms with Gasteiger partial charge in [-0.25, -0.2) is 4.98 Å². The fourth-order valence-corrected chi connectivity index (χ4v) is 2.80. The van der Waals surface area contributed by atoms with E-state index in [1.807, 2.05) is 25.1 Å². The van der Waals surface area contributed by atoms with Crippen molar-refractivity contribution < 1.29 is 4.79 Å². The molecule has 2 N–H and O–H groups in total. The molecule has 5 heteroatoms. The molecule has 1 aromatic heterocycles. The van der Waals surface area contributed by atoms with Crippen molar-refractivity contribution in [3.8, 4) is 0 Å². The second-order valence-electron chi connectivity index (χ2n) is 5.24. The van der Waals surface area contributed by atoms with E-state index in [9.17, 15) is 4.79 Å². The molecule has 2 aromatic rings. The summed E-state index contributed by atoms with van der Waals surface area (Å²) >= 11 is 0. The van der Waals surface area contributed by atoms with Gasteiger partial charge in [0.15, 0.2) is 0 Å². The van der Waals surface area contributed by atoms with E-state index in [2.05, 4.69) is 26.3 Å². The molecule has 1 aliphatic rings. The lowest BCUT2D eigenvalue weighted by atomic mass is 10.2. The Morgan fingerprint density at radius 2 is 2.35 bits per heavy atom. The lowest BCUT2D eigenvalue weighted by Gasteiger charge is -2.12. The number of amides is 1. The predicted octanol–water partition coefficient (Wildman–Crippen LogP) is 1.21. The molecule has 20 heavy (non-hydrogen) atoms. The molecule has 0 spiro atoms. The van der Waals surface area contributed by atoms with Crippen LogP contribution >= 0.6 is 0 Å². The molecule has 1 aliphatic heterocycles. The first-order valence-corrected chi connectivity index (χ1v) is 7.18. The number of rotatable bonds is 4. The molecule has 1 saturated heterocycles. The van der Waals surface area contributed by atoms with Gasteiger partial charge < -0.3 is 15.2 Å². The third-order valence-electron chi connectivity index (χ3n) is 3.86. The maximum atomic E-state index is 11.9. The quantitative estimate of drug-likeness (QED) is 0.879. The number of imidazole rings is 1. The molecule has 0 saturated carbocycles. The molecule has 1 unspecified atom stereocenters. The van der Waals surface area contributed by atoms with E-state index in [0.29, 0.717) is 6.54 Å². The van der Waals surface area contributed by atoms with Gasteiger partial charge in [0.1, 0.15) is 5.82 Å². The van der Waals surface area contributed by atoms with E-state index >= 15 is 0 Å². The topological polar surface area (TPSA) is 59.0 Å². The third kappa shape index (κ3) is 2.54. The number of hydrogen-bond donors (Lipinski definition) is 2. The molecule has 1 atom stereocenters. The third-order valence-corrected chi connectivity index (χ3v) is 3.86. The van der Waals surface area contributed by atoms with Crippen LogP contribution in [0.3, 0.4) is 0 Å². The minimum Gasteiger partial charge on any atom is -0.353 e. The molecule has 0 aliphatic carbocycles. The van der Waals surface area contributed by atoms with Gasteiger partial charge in [-0.3, -0.25) is 4.79 Å². The van der Waals surface area contributed by atoms with E-state index in [0.717, 1.165) is 42.8 Å². The van der Waals surface area contributed by atoms with Crippen LogP contribution in [0.2, 0.25) is 0 Å². The van der Waals surface area contributed by atoms with Gasteiger partial charge in [-0.2, -0.15) is 0 Å². The first-order valence-electron chi connectivity index (χ1n) is 7.18. The minimum atomic E-state index is -0.00405. The van der Waals surface area contributed by atoms with Crippen LogP contribution < -0.4 is 10.6 Å². The van der Waals surface area contributed by atoms with Gasteiger partial charge in [0, 0.05) is 13.1 Å². The number of para-hydroxylation sites is 2. The van der Waals surface area contributed by atoms with Crippen LogP contribution in [0.5, 0.6) is 0 Å². The molecular weight excluding hydrogens is 252 g/mol. The van der Waals surface area contributed by atoms with Gasteiger partial charge in [-0.1, -0.05) is 12.1 Å².